The number of thioether (sulfide) groups is 1. The van der Waals surface area contributed by atoms with Gasteiger partial charge in [0.25, 0.3) is 0 Å². The van der Waals surface area contributed by atoms with Crippen molar-refractivity contribution in [3.63, 3.8) is 0 Å². The fourth-order valence-corrected chi connectivity index (χ4v) is 3.07. The molecule has 3 heterocycles. The van der Waals surface area contributed by atoms with Crippen LogP contribution in [0.5, 0.6) is 0 Å². The third-order valence-electron chi connectivity index (χ3n) is 3.14. The molecule has 0 aromatic carbocycles. The Morgan fingerprint density at radius 1 is 1.32 bits per heavy atom. The molecule has 3 rings (SSSR count). The van der Waals surface area contributed by atoms with Gasteiger partial charge in [0.05, 0.1) is 24.1 Å². The highest BCUT2D eigenvalue weighted by Gasteiger charge is 2.09. The van der Waals surface area contributed by atoms with E-state index in [0.29, 0.717) is 11.8 Å². The SMILES string of the molecule is CSC(C)Cc1cn(Cc2csc(-c3cnccn3)n2)nn1. The molecule has 3 aromatic rings. The van der Waals surface area contributed by atoms with E-state index in [4.69, 9.17) is 0 Å². The lowest BCUT2D eigenvalue weighted by molar-refractivity contribution is 0.641. The lowest BCUT2D eigenvalue weighted by atomic mass is 10.3. The Bertz CT molecular complexity index is 724. The van der Waals surface area contributed by atoms with E-state index in [1.54, 1.807) is 29.9 Å². The summed E-state index contributed by atoms with van der Waals surface area (Å²) in [5.74, 6) is 0. The van der Waals surface area contributed by atoms with E-state index >= 15 is 0 Å². The predicted octanol–water partition coefficient (Wildman–Crippen LogP) is 2.53. The summed E-state index contributed by atoms with van der Waals surface area (Å²) in [5.41, 5.74) is 2.78. The van der Waals surface area contributed by atoms with Gasteiger partial charge in [0.15, 0.2) is 0 Å². The molecule has 0 aliphatic rings. The summed E-state index contributed by atoms with van der Waals surface area (Å²) in [6.07, 6.45) is 10.1. The van der Waals surface area contributed by atoms with E-state index < -0.39 is 0 Å². The average molecular weight is 332 g/mol. The first-order chi connectivity index (χ1) is 10.7. The zero-order valence-electron chi connectivity index (χ0n) is 12.4. The molecule has 114 valence electrons. The minimum Gasteiger partial charge on any atom is -0.261 e. The first kappa shape index (κ1) is 15.1. The van der Waals surface area contributed by atoms with E-state index in [-0.39, 0.29) is 0 Å². The lowest BCUT2D eigenvalue weighted by Gasteiger charge is -2.03. The molecule has 0 bridgehead atoms. The molecule has 1 atom stereocenters. The van der Waals surface area contributed by atoms with Crippen molar-refractivity contribution >= 4 is 23.1 Å². The molecule has 8 heteroatoms. The van der Waals surface area contributed by atoms with Crippen LogP contribution in [0.2, 0.25) is 0 Å². The van der Waals surface area contributed by atoms with Gasteiger partial charge in [-0.25, -0.2) is 9.67 Å². The highest BCUT2D eigenvalue weighted by molar-refractivity contribution is 7.99. The van der Waals surface area contributed by atoms with Gasteiger partial charge >= 0.3 is 0 Å². The Kier molecular flexibility index (Phi) is 4.79. The van der Waals surface area contributed by atoms with Crippen LogP contribution in [0.4, 0.5) is 0 Å². The molecule has 0 aliphatic heterocycles. The lowest BCUT2D eigenvalue weighted by Crippen LogP contribution is -2.01. The van der Waals surface area contributed by atoms with Gasteiger partial charge in [-0.05, 0) is 6.26 Å². The molecule has 0 amide bonds. The van der Waals surface area contributed by atoms with Crippen LogP contribution < -0.4 is 0 Å². The molecular formula is C14H16N6S2. The molecule has 3 aromatic heterocycles. The Hall–Kier alpha value is -1.80. The van der Waals surface area contributed by atoms with E-state index in [9.17, 15) is 0 Å². The summed E-state index contributed by atoms with van der Waals surface area (Å²) < 4.78 is 1.83. The fourth-order valence-electron chi connectivity index (χ4n) is 1.96. The monoisotopic (exact) mass is 332 g/mol. The van der Waals surface area contributed by atoms with Gasteiger partial charge in [-0.15, -0.1) is 16.4 Å². The molecule has 0 radical (unpaired) electrons. The first-order valence-electron chi connectivity index (χ1n) is 6.87. The second-order valence-electron chi connectivity index (χ2n) is 4.89. The van der Waals surface area contributed by atoms with Crippen LogP contribution in [0.25, 0.3) is 10.7 Å². The summed E-state index contributed by atoms with van der Waals surface area (Å²) in [5, 5.41) is 11.8. The molecule has 6 nitrogen and oxygen atoms in total. The largest absolute Gasteiger partial charge is 0.261 e. The molecule has 0 saturated heterocycles. The van der Waals surface area contributed by atoms with Crippen molar-refractivity contribution in [1.29, 1.82) is 0 Å². The average Bonchev–Trinajstić information content (AvgIpc) is 3.18. The highest BCUT2D eigenvalue weighted by Crippen LogP contribution is 2.21. The Morgan fingerprint density at radius 2 is 2.23 bits per heavy atom. The van der Waals surface area contributed by atoms with Crippen LogP contribution in [0, 0.1) is 0 Å². The number of aromatic nitrogens is 6. The molecule has 0 N–H and O–H groups in total. The summed E-state index contributed by atoms with van der Waals surface area (Å²) in [6.45, 7) is 2.81. The Labute approximate surface area is 137 Å². The topological polar surface area (TPSA) is 69.4 Å². The molecule has 1 unspecified atom stereocenters. The smallest absolute Gasteiger partial charge is 0.143 e. The van der Waals surface area contributed by atoms with Crippen LogP contribution in [-0.2, 0) is 13.0 Å². The van der Waals surface area contributed by atoms with Gasteiger partial charge in [0.2, 0.25) is 0 Å². The fraction of sp³-hybridized carbons (Fsp3) is 0.357. The van der Waals surface area contributed by atoms with Crippen molar-refractivity contribution in [3.8, 4) is 10.7 Å². The van der Waals surface area contributed by atoms with E-state index in [1.807, 2.05) is 28.0 Å². The predicted molar refractivity (Wildman–Crippen MR) is 88.9 cm³/mol. The summed E-state index contributed by atoms with van der Waals surface area (Å²) in [4.78, 5) is 12.9. The Balaban J connectivity index is 1.68. The number of rotatable bonds is 6. The van der Waals surface area contributed by atoms with E-state index in [0.717, 1.165) is 28.5 Å². The normalized spacial score (nSPS) is 12.5. The summed E-state index contributed by atoms with van der Waals surface area (Å²) >= 11 is 3.40. The zero-order chi connectivity index (χ0) is 15.4. The maximum Gasteiger partial charge on any atom is 0.143 e. The van der Waals surface area contributed by atoms with Gasteiger partial charge in [-0.3, -0.25) is 9.97 Å². The second kappa shape index (κ2) is 6.97. The number of hydrogen-bond donors (Lipinski definition) is 0. The minimum absolute atomic E-state index is 0.549. The van der Waals surface area contributed by atoms with Crippen molar-refractivity contribution in [3.05, 3.63) is 41.6 Å². The third-order valence-corrected chi connectivity index (χ3v) is 5.03. The van der Waals surface area contributed by atoms with Gasteiger partial charge in [-0.1, -0.05) is 12.1 Å². The number of thiazole rings is 1. The molecule has 0 saturated carbocycles. The molecule has 0 fully saturated rings. The molecule has 0 aliphatic carbocycles. The van der Waals surface area contributed by atoms with Gasteiger partial charge in [0, 0.05) is 35.6 Å². The minimum atomic E-state index is 0.549. The number of nitrogens with zero attached hydrogens (tertiary/aromatic N) is 6. The van der Waals surface area contributed by atoms with Crippen LogP contribution in [0.1, 0.15) is 18.3 Å². The summed E-state index contributed by atoms with van der Waals surface area (Å²) in [6, 6.07) is 0. The van der Waals surface area contributed by atoms with Crippen LogP contribution in [-0.4, -0.2) is 41.5 Å². The maximum atomic E-state index is 4.59. The standard InChI is InChI=1S/C14H16N6S2/c1-10(21-2)5-11-7-20(19-18-11)8-12-9-22-14(17-12)13-6-15-3-4-16-13/h3-4,6-7,9-10H,5,8H2,1-2H3. The summed E-state index contributed by atoms with van der Waals surface area (Å²) in [7, 11) is 0. The highest BCUT2D eigenvalue weighted by atomic mass is 32.2. The van der Waals surface area contributed by atoms with Crippen LogP contribution in [0.15, 0.2) is 30.2 Å². The van der Waals surface area contributed by atoms with E-state index in [1.165, 1.54) is 0 Å². The molecular weight excluding hydrogens is 316 g/mol. The van der Waals surface area contributed by atoms with Gasteiger partial charge in [0.1, 0.15) is 10.7 Å². The van der Waals surface area contributed by atoms with Crippen LogP contribution >= 0.6 is 23.1 Å². The van der Waals surface area contributed by atoms with Crippen molar-refractivity contribution in [2.24, 2.45) is 0 Å². The van der Waals surface area contributed by atoms with Crippen molar-refractivity contribution in [2.45, 2.75) is 25.1 Å². The van der Waals surface area contributed by atoms with Crippen molar-refractivity contribution in [1.82, 2.24) is 29.9 Å². The molecule has 22 heavy (non-hydrogen) atoms. The molecule has 0 spiro atoms. The van der Waals surface area contributed by atoms with Gasteiger partial charge < -0.3 is 0 Å². The second-order valence-corrected chi connectivity index (χ2v) is 7.03. The maximum absolute atomic E-state index is 4.59. The van der Waals surface area contributed by atoms with Gasteiger partial charge in [-0.2, -0.15) is 11.8 Å². The van der Waals surface area contributed by atoms with Crippen molar-refractivity contribution in [2.75, 3.05) is 6.26 Å². The van der Waals surface area contributed by atoms with Crippen LogP contribution in [0.3, 0.4) is 0 Å². The number of hydrogen-bond acceptors (Lipinski definition) is 7. The first-order valence-corrected chi connectivity index (χ1v) is 9.04. The third kappa shape index (κ3) is 3.69. The van der Waals surface area contributed by atoms with Crippen molar-refractivity contribution < 1.29 is 0 Å². The zero-order valence-corrected chi connectivity index (χ0v) is 14.0. The Morgan fingerprint density at radius 3 is 3.00 bits per heavy atom. The quantitative estimate of drug-likeness (QED) is 0.691. The van der Waals surface area contributed by atoms with E-state index in [2.05, 4.69) is 38.4 Å².